The summed E-state index contributed by atoms with van der Waals surface area (Å²) in [6.45, 7) is 3.35. The highest BCUT2D eigenvalue weighted by atomic mass is 32.1. The molecule has 0 aliphatic carbocycles. The quantitative estimate of drug-likeness (QED) is 0.578. The Kier molecular flexibility index (Phi) is 6.46. The van der Waals surface area contributed by atoms with E-state index in [0.29, 0.717) is 5.00 Å². The van der Waals surface area contributed by atoms with Gasteiger partial charge in [-0.1, -0.05) is 30.3 Å². The zero-order chi connectivity index (χ0) is 20.8. The lowest BCUT2D eigenvalue weighted by Gasteiger charge is -2.12. The van der Waals surface area contributed by atoms with Crippen molar-refractivity contribution >= 4 is 34.2 Å². The van der Waals surface area contributed by atoms with E-state index in [1.807, 2.05) is 30.3 Å². The predicted octanol–water partition coefficient (Wildman–Crippen LogP) is 4.37. The number of hydrogen-bond donors (Lipinski definition) is 1. The number of benzene rings is 1. The van der Waals surface area contributed by atoms with Crippen molar-refractivity contribution in [1.82, 2.24) is 0 Å². The van der Waals surface area contributed by atoms with Gasteiger partial charge in [-0.3, -0.25) is 4.79 Å². The van der Waals surface area contributed by atoms with Crippen LogP contribution in [-0.4, -0.2) is 30.6 Å². The van der Waals surface area contributed by atoms with E-state index >= 15 is 0 Å². The normalized spacial score (nSPS) is 11.5. The smallest absolute Gasteiger partial charge is 0.374 e. The third-order valence-electron chi connectivity index (χ3n) is 3.90. The molecule has 0 fully saturated rings. The molecule has 2 aromatic heterocycles. The predicted molar refractivity (Wildman–Crippen MR) is 108 cm³/mol. The molecule has 0 aliphatic rings. The van der Waals surface area contributed by atoms with E-state index in [1.54, 1.807) is 19.1 Å². The van der Waals surface area contributed by atoms with Crippen molar-refractivity contribution in [3.63, 3.8) is 0 Å². The lowest BCUT2D eigenvalue weighted by molar-refractivity contribution is -0.123. The van der Waals surface area contributed by atoms with Crippen LogP contribution < -0.4 is 5.32 Å². The Labute approximate surface area is 171 Å². The SMILES string of the molecule is CCOC(=O)c1cc(-c2ccccc2)sc1NC(=O)[C@@H](C)OC(=O)c1ccco1. The highest BCUT2D eigenvalue weighted by molar-refractivity contribution is 7.20. The Bertz CT molecular complexity index is 994. The molecular weight excluding hydrogens is 394 g/mol. The van der Waals surface area contributed by atoms with E-state index in [2.05, 4.69) is 5.32 Å². The molecule has 0 bridgehead atoms. The molecule has 150 valence electrons. The maximum Gasteiger partial charge on any atom is 0.374 e. The van der Waals surface area contributed by atoms with E-state index in [1.165, 1.54) is 30.6 Å². The number of anilines is 1. The van der Waals surface area contributed by atoms with Crippen LogP contribution in [0.2, 0.25) is 0 Å². The fourth-order valence-corrected chi connectivity index (χ4v) is 3.52. The topological polar surface area (TPSA) is 94.8 Å². The van der Waals surface area contributed by atoms with Crippen LogP contribution in [0.1, 0.15) is 34.8 Å². The fourth-order valence-electron chi connectivity index (χ4n) is 2.47. The molecule has 0 spiro atoms. The van der Waals surface area contributed by atoms with Crippen molar-refractivity contribution in [3.05, 3.63) is 66.1 Å². The van der Waals surface area contributed by atoms with Crippen molar-refractivity contribution in [2.24, 2.45) is 0 Å². The largest absolute Gasteiger partial charge is 0.462 e. The maximum atomic E-state index is 12.5. The number of carbonyl (C=O) groups excluding carboxylic acids is 3. The first-order valence-corrected chi connectivity index (χ1v) is 9.73. The van der Waals surface area contributed by atoms with Crippen molar-refractivity contribution < 1.29 is 28.3 Å². The van der Waals surface area contributed by atoms with Gasteiger partial charge in [0.05, 0.1) is 18.4 Å². The Morgan fingerprint density at radius 3 is 2.52 bits per heavy atom. The van der Waals surface area contributed by atoms with Gasteiger partial charge in [-0.2, -0.15) is 0 Å². The molecule has 1 N–H and O–H groups in total. The number of ether oxygens (including phenoxy) is 2. The summed E-state index contributed by atoms with van der Waals surface area (Å²) < 4.78 is 15.2. The number of rotatable bonds is 7. The summed E-state index contributed by atoms with van der Waals surface area (Å²) in [4.78, 5) is 37.6. The van der Waals surface area contributed by atoms with E-state index in [9.17, 15) is 14.4 Å². The molecule has 0 aliphatic heterocycles. The average Bonchev–Trinajstić information content (AvgIpc) is 3.39. The standard InChI is InChI=1S/C21H19NO6S/c1-3-26-20(24)15-12-17(14-8-5-4-6-9-14)29-19(15)22-18(23)13(2)28-21(25)16-10-7-11-27-16/h4-13H,3H2,1-2H3,(H,22,23)/t13-/m1/s1. The third kappa shape index (κ3) is 4.91. The Morgan fingerprint density at radius 1 is 1.10 bits per heavy atom. The highest BCUT2D eigenvalue weighted by Crippen LogP contribution is 2.36. The molecule has 7 nitrogen and oxygen atoms in total. The van der Waals surface area contributed by atoms with Crippen LogP contribution in [0.15, 0.2) is 59.2 Å². The van der Waals surface area contributed by atoms with Gasteiger partial charge >= 0.3 is 11.9 Å². The summed E-state index contributed by atoms with van der Waals surface area (Å²) in [7, 11) is 0. The molecule has 0 saturated carbocycles. The van der Waals surface area contributed by atoms with Crippen LogP contribution in [0.5, 0.6) is 0 Å². The molecule has 3 aromatic rings. The minimum absolute atomic E-state index is 0.000602. The lowest BCUT2D eigenvalue weighted by atomic mass is 10.1. The number of carbonyl (C=O) groups is 3. The Hall–Kier alpha value is -3.39. The summed E-state index contributed by atoms with van der Waals surface area (Å²) >= 11 is 1.24. The van der Waals surface area contributed by atoms with Gasteiger partial charge in [0.15, 0.2) is 6.10 Å². The number of hydrogen-bond acceptors (Lipinski definition) is 7. The summed E-state index contributed by atoms with van der Waals surface area (Å²) in [6, 6.07) is 14.1. The summed E-state index contributed by atoms with van der Waals surface area (Å²) in [6.07, 6.45) is 0.244. The average molecular weight is 413 g/mol. The van der Waals surface area contributed by atoms with Gasteiger partial charge < -0.3 is 19.2 Å². The first kappa shape index (κ1) is 20.3. The molecule has 1 amide bonds. The van der Waals surface area contributed by atoms with E-state index in [0.717, 1.165) is 10.4 Å². The first-order valence-electron chi connectivity index (χ1n) is 8.91. The molecule has 8 heteroatoms. The van der Waals surface area contributed by atoms with Crippen LogP contribution in [0.25, 0.3) is 10.4 Å². The van der Waals surface area contributed by atoms with Crippen LogP contribution >= 0.6 is 11.3 Å². The summed E-state index contributed by atoms with van der Waals surface area (Å²) in [5, 5.41) is 2.99. The van der Waals surface area contributed by atoms with Crippen molar-refractivity contribution in [2.45, 2.75) is 20.0 Å². The van der Waals surface area contributed by atoms with Gasteiger partial charge in [0, 0.05) is 4.88 Å². The van der Waals surface area contributed by atoms with Crippen LogP contribution in [-0.2, 0) is 14.3 Å². The fraction of sp³-hybridized carbons (Fsp3) is 0.190. The monoisotopic (exact) mass is 413 g/mol. The molecule has 2 heterocycles. The Morgan fingerprint density at radius 2 is 1.86 bits per heavy atom. The van der Waals surface area contributed by atoms with Gasteiger partial charge in [0.2, 0.25) is 5.76 Å². The number of amides is 1. The van der Waals surface area contributed by atoms with Crippen LogP contribution in [0.3, 0.4) is 0 Å². The minimum Gasteiger partial charge on any atom is -0.462 e. The lowest BCUT2D eigenvalue weighted by Crippen LogP contribution is -2.30. The molecule has 3 rings (SSSR count). The molecular formula is C21H19NO6S. The first-order chi connectivity index (χ1) is 14.0. The molecule has 0 radical (unpaired) electrons. The summed E-state index contributed by atoms with van der Waals surface area (Å²) in [5.74, 6) is -1.86. The molecule has 0 unspecified atom stereocenters. The molecule has 1 aromatic carbocycles. The van der Waals surface area contributed by atoms with Gasteiger partial charge in [0.1, 0.15) is 5.00 Å². The number of nitrogens with one attached hydrogen (secondary N) is 1. The minimum atomic E-state index is -1.09. The van der Waals surface area contributed by atoms with Crippen molar-refractivity contribution in [2.75, 3.05) is 11.9 Å². The molecule has 29 heavy (non-hydrogen) atoms. The second-order valence-corrected chi connectivity index (χ2v) is 7.01. The van der Waals surface area contributed by atoms with E-state index < -0.39 is 23.9 Å². The molecule has 1 atom stereocenters. The molecule has 0 saturated heterocycles. The zero-order valence-electron chi connectivity index (χ0n) is 15.8. The Balaban J connectivity index is 1.79. The maximum absolute atomic E-state index is 12.5. The number of esters is 2. The van der Waals surface area contributed by atoms with Crippen LogP contribution in [0, 0.1) is 0 Å². The van der Waals surface area contributed by atoms with Crippen molar-refractivity contribution in [3.8, 4) is 10.4 Å². The zero-order valence-corrected chi connectivity index (χ0v) is 16.7. The van der Waals surface area contributed by atoms with E-state index in [-0.39, 0.29) is 17.9 Å². The third-order valence-corrected chi connectivity index (χ3v) is 5.00. The van der Waals surface area contributed by atoms with Crippen molar-refractivity contribution in [1.29, 1.82) is 0 Å². The highest BCUT2D eigenvalue weighted by Gasteiger charge is 2.24. The van der Waals surface area contributed by atoms with Crippen LogP contribution in [0.4, 0.5) is 5.00 Å². The number of thiophene rings is 1. The number of furan rings is 1. The van der Waals surface area contributed by atoms with Gasteiger partial charge in [-0.05, 0) is 37.6 Å². The second-order valence-electron chi connectivity index (χ2n) is 5.95. The van der Waals surface area contributed by atoms with E-state index in [4.69, 9.17) is 13.9 Å². The van der Waals surface area contributed by atoms with Gasteiger partial charge in [0.25, 0.3) is 5.91 Å². The summed E-state index contributed by atoms with van der Waals surface area (Å²) in [5.41, 5.74) is 1.15. The van der Waals surface area contributed by atoms with Gasteiger partial charge in [-0.15, -0.1) is 11.3 Å². The van der Waals surface area contributed by atoms with Gasteiger partial charge in [-0.25, -0.2) is 9.59 Å². The second kappa shape index (κ2) is 9.20.